The van der Waals surface area contributed by atoms with Crippen LogP contribution in [0, 0.1) is 11.3 Å². The average molecular weight is 297 g/mol. The summed E-state index contributed by atoms with van der Waals surface area (Å²) in [6.07, 6.45) is 1.61. The van der Waals surface area contributed by atoms with Crippen molar-refractivity contribution in [1.29, 1.82) is 5.26 Å². The van der Waals surface area contributed by atoms with E-state index in [1.807, 2.05) is 6.07 Å². The van der Waals surface area contributed by atoms with Gasteiger partial charge in [0.05, 0.1) is 18.2 Å². The lowest BCUT2D eigenvalue weighted by Crippen LogP contribution is -2.28. The van der Waals surface area contributed by atoms with Gasteiger partial charge in [-0.3, -0.25) is 9.59 Å². The second-order valence-electron chi connectivity index (χ2n) is 4.54. The van der Waals surface area contributed by atoms with Crippen molar-refractivity contribution in [2.45, 2.75) is 6.54 Å². The Morgan fingerprint density at radius 1 is 1.32 bits per heavy atom. The van der Waals surface area contributed by atoms with Gasteiger partial charge in [0.15, 0.2) is 12.4 Å². The van der Waals surface area contributed by atoms with Gasteiger partial charge in [-0.25, -0.2) is 0 Å². The molecule has 6 heteroatoms. The van der Waals surface area contributed by atoms with Crippen LogP contribution in [0.2, 0.25) is 0 Å². The number of ether oxygens (including phenoxy) is 1. The van der Waals surface area contributed by atoms with Gasteiger partial charge in [0.2, 0.25) is 0 Å². The second-order valence-corrected chi connectivity index (χ2v) is 4.54. The lowest BCUT2D eigenvalue weighted by Gasteiger charge is -2.10. The molecule has 1 aromatic carbocycles. The summed E-state index contributed by atoms with van der Waals surface area (Å²) in [6.45, 7) is 0.0459. The Kier molecular flexibility index (Phi) is 4.94. The molecular weight excluding hydrogens is 282 g/mol. The molecule has 0 aliphatic rings. The van der Waals surface area contributed by atoms with E-state index >= 15 is 0 Å². The number of rotatable bonds is 5. The fourth-order valence-corrected chi connectivity index (χ4v) is 1.92. The second kappa shape index (κ2) is 7.09. The van der Waals surface area contributed by atoms with E-state index in [1.54, 1.807) is 30.5 Å². The molecule has 0 aliphatic carbocycles. The summed E-state index contributed by atoms with van der Waals surface area (Å²) < 4.78 is 6.65. The van der Waals surface area contributed by atoms with E-state index in [4.69, 9.17) is 10.00 Å². The highest BCUT2D eigenvalue weighted by Gasteiger charge is 2.08. The zero-order valence-corrected chi connectivity index (χ0v) is 12.1. The summed E-state index contributed by atoms with van der Waals surface area (Å²) in [4.78, 5) is 23.5. The first-order valence-electron chi connectivity index (χ1n) is 6.66. The van der Waals surface area contributed by atoms with Crippen molar-refractivity contribution < 1.29 is 9.53 Å². The maximum Gasteiger partial charge on any atom is 0.293 e. The highest BCUT2D eigenvalue weighted by atomic mass is 16.5. The molecule has 22 heavy (non-hydrogen) atoms. The Bertz CT molecular complexity index is 775. The quantitative estimate of drug-likeness (QED) is 0.888. The van der Waals surface area contributed by atoms with Gasteiger partial charge in [-0.05, 0) is 23.8 Å². The molecule has 2 aromatic rings. The number of nitrogens with one attached hydrogen (secondary N) is 1. The summed E-state index contributed by atoms with van der Waals surface area (Å²) in [5, 5.41) is 11.5. The predicted molar refractivity (Wildman–Crippen MR) is 80.5 cm³/mol. The third kappa shape index (κ3) is 3.52. The molecule has 0 saturated heterocycles. The van der Waals surface area contributed by atoms with E-state index in [9.17, 15) is 9.59 Å². The summed E-state index contributed by atoms with van der Waals surface area (Å²) in [7, 11) is 1.49. The van der Waals surface area contributed by atoms with Crippen molar-refractivity contribution in [3.8, 4) is 11.8 Å². The van der Waals surface area contributed by atoms with Crippen LogP contribution in [0.15, 0.2) is 47.4 Å². The van der Waals surface area contributed by atoms with Crippen molar-refractivity contribution in [2.24, 2.45) is 0 Å². The topological polar surface area (TPSA) is 84.1 Å². The van der Waals surface area contributed by atoms with Gasteiger partial charge in [-0.2, -0.15) is 5.26 Å². The molecule has 112 valence electrons. The van der Waals surface area contributed by atoms with Gasteiger partial charge in [-0.1, -0.05) is 18.2 Å². The van der Waals surface area contributed by atoms with Crippen molar-refractivity contribution in [3.63, 3.8) is 0 Å². The fourth-order valence-electron chi connectivity index (χ4n) is 1.92. The first kappa shape index (κ1) is 15.3. The van der Waals surface area contributed by atoms with Gasteiger partial charge in [0.25, 0.3) is 11.5 Å². The Labute approximate surface area is 127 Å². The molecule has 0 aliphatic heterocycles. The first-order chi connectivity index (χ1) is 10.7. The zero-order chi connectivity index (χ0) is 15.9. The number of carbonyl (C=O) groups excluding carboxylic acids is 1. The van der Waals surface area contributed by atoms with Gasteiger partial charge >= 0.3 is 0 Å². The van der Waals surface area contributed by atoms with Crippen LogP contribution >= 0.6 is 0 Å². The highest BCUT2D eigenvalue weighted by molar-refractivity contribution is 5.77. The molecular formula is C16H15N3O3. The molecule has 1 N–H and O–H groups in total. The third-order valence-electron chi connectivity index (χ3n) is 3.10. The molecule has 2 rings (SSSR count). The average Bonchev–Trinajstić information content (AvgIpc) is 2.55. The predicted octanol–water partition coefficient (Wildman–Crippen LogP) is 0.893. The number of benzene rings is 1. The number of hydrogen-bond donors (Lipinski definition) is 1. The van der Waals surface area contributed by atoms with E-state index in [-0.39, 0.29) is 30.4 Å². The number of carbonyl (C=O) groups is 1. The fraction of sp³-hybridized carbons (Fsp3) is 0.188. The zero-order valence-electron chi connectivity index (χ0n) is 12.1. The number of pyridine rings is 1. The highest BCUT2D eigenvalue weighted by Crippen LogP contribution is 2.10. The van der Waals surface area contributed by atoms with E-state index in [2.05, 4.69) is 11.4 Å². The number of nitrogens with zero attached hydrogens (tertiary/aromatic N) is 2. The Morgan fingerprint density at radius 3 is 2.82 bits per heavy atom. The number of aromatic nitrogens is 1. The number of hydrogen-bond acceptors (Lipinski definition) is 4. The maximum atomic E-state index is 12.3. The molecule has 6 nitrogen and oxygen atoms in total. The van der Waals surface area contributed by atoms with Gasteiger partial charge in [0.1, 0.15) is 0 Å². The third-order valence-corrected chi connectivity index (χ3v) is 3.10. The number of likely N-dealkylation sites (N-methyl/N-ethyl adjacent to an activating group) is 1. The molecule has 0 spiro atoms. The van der Waals surface area contributed by atoms with Crippen molar-refractivity contribution in [3.05, 3.63) is 64.1 Å². The molecule has 0 atom stereocenters. The molecule has 1 amide bonds. The largest absolute Gasteiger partial charge is 0.478 e. The minimum atomic E-state index is -0.348. The van der Waals surface area contributed by atoms with E-state index < -0.39 is 0 Å². The number of nitriles is 1. The molecule has 0 radical (unpaired) electrons. The minimum absolute atomic E-state index is 0.0977. The number of amides is 1. The van der Waals surface area contributed by atoms with Crippen molar-refractivity contribution in [2.75, 3.05) is 13.7 Å². The standard InChI is InChI=1S/C16H15N3O3/c1-18-15(20)11-22-14-7-4-8-19(16(14)21)10-13-6-3-2-5-12(13)9-17/h2-8H,10-11H2,1H3,(H,18,20). The molecule has 0 fully saturated rings. The van der Waals surface area contributed by atoms with Gasteiger partial charge < -0.3 is 14.6 Å². The SMILES string of the molecule is CNC(=O)COc1cccn(Cc2ccccc2C#N)c1=O. The van der Waals surface area contributed by atoms with Crippen LogP contribution in [0.5, 0.6) is 5.75 Å². The van der Waals surface area contributed by atoms with E-state index in [0.717, 1.165) is 5.56 Å². The summed E-state index contributed by atoms with van der Waals surface area (Å²) in [5.41, 5.74) is 0.917. The smallest absolute Gasteiger partial charge is 0.293 e. The summed E-state index contributed by atoms with van der Waals surface area (Å²) in [6, 6.07) is 12.4. The Balaban J connectivity index is 2.24. The normalized spacial score (nSPS) is 9.82. The molecule has 0 unspecified atom stereocenters. The van der Waals surface area contributed by atoms with Gasteiger partial charge in [0, 0.05) is 13.2 Å². The van der Waals surface area contributed by atoms with Gasteiger partial charge in [-0.15, -0.1) is 0 Å². The van der Waals surface area contributed by atoms with Crippen LogP contribution in [0.1, 0.15) is 11.1 Å². The van der Waals surface area contributed by atoms with E-state index in [0.29, 0.717) is 5.56 Å². The minimum Gasteiger partial charge on any atom is -0.478 e. The van der Waals surface area contributed by atoms with Crippen LogP contribution < -0.4 is 15.6 Å². The van der Waals surface area contributed by atoms with E-state index in [1.165, 1.54) is 17.7 Å². The maximum absolute atomic E-state index is 12.3. The van der Waals surface area contributed by atoms with Crippen LogP contribution in [-0.2, 0) is 11.3 Å². The molecule has 1 heterocycles. The summed E-state index contributed by atoms with van der Waals surface area (Å²) >= 11 is 0. The molecule has 1 aromatic heterocycles. The lowest BCUT2D eigenvalue weighted by molar-refractivity contribution is -0.122. The molecule has 0 saturated carbocycles. The van der Waals surface area contributed by atoms with Crippen molar-refractivity contribution >= 4 is 5.91 Å². The Hall–Kier alpha value is -3.07. The van der Waals surface area contributed by atoms with Crippen LogP contribution in [0.3, 0.4) is 0 Å². The lowest BCUT2D eigenvalue weighted by atomic mass is 10.1. The summed E-state index contributed by atoms with van der Waals surface area (Å²) in [5.74, 6) is -0.217. The van der Waals surface area contributed by atoms with Crippen LogP contribution in [0.25, 0.3) is 0 Å². The monoisotopic (exact) mass is 297 g/mol. The molecule has 0 bridgehead atoms. The first-order valence-corrected chi connectivity index (χ1v) is 6.66. The van der Waals surface area contributed by atoms with Crippen LogP contribution in [-0.4, -0.2) is 24.1 Å². The van der Waals surface area contributed by atoms with Crippen LogP contribution in [0.4, 0.5) is 0 Å². The van der Waals surface area contributed by atoms with Crippen molar-refractivity contribution in [1.82, 2.24) is 9.88 Å². The Morgan fingerprint density at radius 2 is 2.09 bits per heavy atom.